The van der Waals surface area contributed by atoms with Crippen molar-refractivity contribution in [3.8, 4) is 5.75 Å². The van der Waals surface area contributed by atoms with Gasteiger partial charge in [-0.2, -0.15) is 0 Å². The van der Waals surface area contributed by atoms with E-state index in [1.165, 1.54) is 11.3 Å². The second-order valence-electron chi connectivity index (χ2n) is 7.91. The van der Waals surface area contributed by atoms with Crippen LogP contribution in [-0.2, 0) is 11.2 Å². The molecule has 1 saturated heterocycles. The van der Waals surface area contributed by atoms with Crippen LogP contribution in [0.3, 0.4) is 0 Å². The lowest BCUT2D eigenvalue weighted by Gasteiger charge is -2.37. The summed E-state index contributed by atoms with van der Waals surface area (Å²) in [6, 6.07) is 12.3. The van der Waals surface area contributed by atoms with Crippen molar-refractivity contribution in [2.24, 2.45) is 0 Å². The van der Waals surface area contributed by atoms with Crippen molar-refractivity contribution in [3.63, 3.8) is 0 Å². The number of nitrogens with one attached hydrogen (secondary N) is 2. The number of rotatable bonds is 6. The Labute approximate surface area is 172 Å². The highest BCUT2D eigenvalue weighted by atomic mass is 16.5. The Morgan fingerprint density at radius 1 is 1.24 bits per heavy atom. The number of carbonyl (C=O) groups is 1. The van der Waals surface area contributed by atoms with Crippen LogP contribution >= 0.6 is 0 Å². The SMILES string of the molecule is Cc1ncccc1OC1(C(=O)NCCN2CCCc3ccccc32)CCNCC1. The summed E-state index contributed by atoms with van der Waals surface area (Å²) in [7, 11) is 0. The maximum absolute atomic E-state index is 13.2. The molecule has 6 nitrogen and oxygen atoms in total. The van der Waals surface area contributed by atoms with Gasteiger partial charge in [0.25, 0.3) is 5.91 Å². The fourth-order valence-corrected chi connectivity index (χ4v) is 4.30. The quantitative estimate of drug-likeness (QED) is 0.788. The summed E-state index contributed by atoms with van der Waals surface area (Å²) in [6.07, 6.45) is 5.34. The minimum atomic E-state index is -0.834. The second kappa shape index (κ2) is 8.82. The Bertz CT molecular complexity index is 848. The van der Waals surface area contributed by atoms with Crippen LogP contribution in [0.2, 0.25) is 0 Å². The molecule has 2 N–H and O–H groups in total. The monoisotopic (exact) mass is 394 g/mol. The smallest absolute Gasteiger partial charge is 0.264 e. The average molecular weight is 395 g/mol. The molecule has 6 heteroatoms. The van der Waals surface area contributed by atoms with Crippen LogP contribution in [-0.4, -0.2) is 49.2 Å². The van der Waals surface area contributed by atoms with Crippen molar-refractivity contribution in [1.29, 1.82) is 0 Å². The average Bonchev–Trinajstić information content (AvgIpc) is 2.76. The number of anilines is 1. The lowest BCUT2D eigenvalue weighted by molar-refractivity contribution is -0.139. The van der Waals surface area contributed by atoms with E-state index >= 15 is 0 Å². The maximum atomic E-state index is 13.2. The normalized spacial score (nSPS) is 18.0. The number of pyridine rings is 1. The van der Waals surface area contributed by atoms with E-state index in [0.29, 0.717) is 25.1 Å². The highest BCUT2D eigenvalue weighted by Crippen LogP contribution is 2.29. The fraction of sp³-hybridized carbons (Fsp3) is 0.478. The molecule has 1 fully saturated rings. The minimum Gasteiger partial charge on any atom is -0.475 e. The molecular formula is C23H30N4O2. The van der Waals surface area contributed by atoms with E-state index in [1.807, 2.05) is 19.1 Å². The van der Waals surface area contributed by atoms with Crippen LogP contribution in [0.25, 0.3) is 0 Å². The van der Waals surface area contributed by atoms with Crippen LogP contribution in [0, 0.1) is 6.92 Å². The highest BCUT2D eigenvalue weighted by Gasteiger charge is 2.42. The van der Waals surface area contributed by atoms with Crippen molar-refractivity contribution in [2.75, 3.05) is 37.6 Å². The van der Waals surface area contributed by atoms with E-state index in [0.717, 1.165) is 44.7 Å². The van der Waals surface area contributed by atoms with Gasteiger partial charge in [0.2, 0.25) is 0 Å². The van der Waals surface area contributed by atoms with Gasteiger partial charge in [0.05, 0.1) is 5.69 Å². The molecule has 4 rings (SSSR count). The molecule has 0 aliphatic carbocycles. The number of aryl methyl sites for hydroxylation is 2. The van der Waals surface area contributed by atoms with Gasteiger partial charge in [-0.3, -0.25) is 9.78 Å². The van der Waals surface area contributed by atoms with Gasteiger partial charge in [0, 0.05) is 44.4 Å². The van der Waals surface area contributed by atoms with Gasteiger partial charge < -0.3 is 20.3 Å². The van der Waals surface area contributed by atoms with Crippen LogP contribution in [0.5, 0.6) is 5.75 Å². The van der Waals surface area contributed by atoms with Crippen LogP contribution in [0.4, 0.5) is 5.69 Å². The number of amides is 1. The number of benzene rings is 1. The van der Waals surface area contributed by atoms with Crippen molar-refractivity contribution in [3.05, 3.63) is 53.9 Å². The number of hydrogen-bond acceptors (Lipinski definition) is 5. The van der Waals surface area contributed by atoms with Gasteiger partial charge in [0.1, 0.15) is 5.75 Å². The number of nitrogens with zero attached hydrogens (tertiary/aromatic N) is 2. The van der Waals surface area contributed by atoms with E-state index in [9.17, 15) is 4.79 Å². The summed E-state index contributed by atoms with van der Waals surface area (Å²) in [4.78, 5) is 19.9. The predicted molar refractivity (Wildman–Crippen MR) is 114 cm³/mol. The van der Waals surface area contributed by atoms with Crippen LogP contribution in [0.15, 0.2) is 42.6 Å². The molecular weight excluding hydrogens is 364 g/mol. The highest BCUT2D eigenvalue weighted by molar-refractivity contribution is 5.86. The number of piperidine rings is 1. The van der Waals surface area contributed by atoms with E-state index < -0.39 is 5.60 Å². The molecule has 3 heterocycles. The number of ether oxygens (including phenoxy) is 1. The van der Waals surface area contributed by atoms with Gasteiger partial charge in [-0.25, -0.2) is 0 Å². The first-order chi connectivity index (χ1) is 14.2. The largest absolute Gasteiger partial charge is 0.475 e. The fourth-order valence-electron chi connectivity index (χ4n) is 4.30. The van der Waals surface area contributed by atoms with E-state index in [-0.39, 0.29) is 5.91 Å². The summed E-state index contributed by atoms with van der Waals surface area (Å²) in [5, 5.41) is 6.49. The number of carbonyl (C=O) groups excluding carboxylic acids is 1. The first kappa shape index (κ1) is 19.7. The Morgan fingerprint density at radius 2 is 2.07 bits per heavy atom. The molecule has 2 aliphatic rings. The minimum absolute atomic E-state index is 0.0208. The second-order valence-corrected chi connectivity index (χ2v) is 7.91. The Balaban J connectivity index is 1.41. The molecule has 1 aromatic heterocycles. The maximum Gasteiger partial charge on any atom is 0.264 e. The lowest BCUT2D eigenvalue weighted by Crippen LogP contribution is -2.57. The molecule has 1 amide bonds. The summed E-state index contributed by atoms with van der Waals surface area (Å²) < 4.78 is 6.31. The van der Waals surface area contributed by atoms with Crippen molar-refractivity contribution >= 4 is 11.6 Å². The van der Waals surface area contributed by atoms with Crippen molar-refractivity contribution < 1.29 is 9.53 Å². The van der Waals surface area contributed by atoms with E-state index in [4.69, 9.17) is 4.74 Å². The topological polar surface area (TPSA) is 66.5 Å². The van der Waals surface area contributed by atoms with E-state index in [2.05, 4.69) is 44.8 Å². The molecule has 2 aromatic rings. The molecule has 0 radical (unpaired) electrons. The molecule has 29 heavy (non-hydrogen) atoms. The summed E-state index contributed by atoms with van der Waals surface area (Å²) >= 11 is 0. The summed E-state index contributed by atoms with van der Waals surface area (Å²) in [5.41, 5.74) is 2.67. The standard InChI is InChI=1S/C23H30N4O2/c1-18-21(9-4-12-25-18)29-23(10-13-24-14-11-23)22(28)26-15-17-27-16-5-7-19-6-2-3-8-20(19)27/h2-4,6,8-9,12,24H,5,7,10-11,13-17H2,1H3,(H,26,28). The Morgan fingerprint density at radius 3 is 2.90 bits per heavy atom. The van der Waals surface area contributed by atoms with E-state index in [1.54, 1.807) is 6.20 Å². The third kappa shape index (κ3) is 4.37. The molecule has 0 unspecified atom stereocenters. The first-order valence-corrected chi connectivity index (χ1v) is 10.6. The molecule has 2 aliphatic heterocycles. The number of fused-ring (bicyclic) bond motifs is 1. The summed E-state index contributed by atoms with van der Waals surface area (Å²) in [5.74, 6) is 0.669. The number of aromatic nitrogens is 1. The number of para-hydroxylation sites is 1. The molecule has 0 bridgehead atoms. The lowest BCUT2D eigenvalue weighted by atomic mass is 9.90. The molecule has 0 atom stereocenters. The molecule has 0 spiro atoms. The van der Waals surface area contributed by atoms with Gasteiger partial charge in [-0.05, 0) is 56.6 Å². The summed E-state index contributed by atoms with van der Waals surface area (Å²) in [6.45, 7) is 5.91. The molecule has 0 saturated carbocycles. The third-order valence-electron chi connectivity index (χ3n) is 5.96. The Hall–Kier alpha value is -2.60. The third-order valence-corrected chi connectivity index (χ3v) is 5.96. The zero-order chi connectivity index (χ0) is 20.1. The zero-order valence-electron chi connectivity index (χ0n) is 17.1. The van der Waals surface area contributed by atoms with Gasteiger partial charge in [-0.15, -0.1) is 0 Å². The van der Waals surface area contributed by atoms with Crippen molar-refractivity contribution in [2.45, 2.75) is 38.2 Å². The van der Waals surface area contributed by atoms with Crippen LogP contribution < -0.4 is 20.3 Å². The van der Waals surface area contributed by atoms with Gasteiger partial charge in [-0.1, -0.05) is 18.2 Å². The number of hydrogen-bond donors (Lipinski definition) is 2. The Kier molecular flexibility index (Phi) is 6.00. The van der Waals surface area contributed by atoms with Crippen molar-refractivity contribution in [1.82, 2.24) is 15.6 Å². The van der Waals surface area contributed by atoms with Crippen LogP contribution in [0.1, 0.15) is 30.5 Å². The van der Waals surface area contributed by atoms with Gasteiger partial charge in [0.15, 0.2) is 5.60 Å². The molecule has 154 valence electrons. The molecule has 1 aromatic carbocycles. The van der Waals surface area contributed by atoms with Gasteiger partial charge >= 0.3 is 0 Å². The predicted octanol–water partition coefficient (Wildman–Crippen LogP) is 2.46. The first-order valence-electron chi connectivity index (χ1n) is 10.6. The zero-order valence-corrected chi connectivity index (χ0v) is 17.1.